The second-order valence-electron chi connectivity index (χ2n) is 14.6. The van der Waals surface area contributed by atoms with Crippen molar-refractivity contribution < 1.29 is 4.42 Å². The second kappa shape index (κ2) is 15.5. The van der Waals surface area contributed by atoms with Crippen molar-refractivity contribution in [1.29, 1.82) is 0 Å². The van der Waals surface area contributed by atoms with Crippen LogP contribution in [0.4, 0.5) is 17.1 Å². The van der Waals surface area contributed by atoms with Crippen molar-refractivity contribution in [1.82, 2.24) is 0 Å². The Hall–Kier alpha value is -7.68. The van der Waals surface area contributed by atoms with Gasteiger partial charge in [-0.05, 0) is 122 Å². The quantitative estimate of drug-likeness (QED) is 0.146. The van der Waals surface area contributed by atoms with E-state index < -0.39 is 0 Å². The standard InChI is InChI=1S/C56H39NO/c1-4-13-40(14-5-1)43-23-25-44(26-24-43)45-27-31-52(32-28-45)57(54-21-12-20-47(38-54)56-39-48-19-10-11-22-55(48)58-56)53-33-29-46(30-34-53)51-36-49(41-15-6-2-7-16-41)35-50(37-51)42-17-8-3-9-18-42/h1-39H. The van der Waals surface area contributed by atoms with Gasteiger partial charge in [-0.2, -0.15) is 0 Å². The summed E-state index contributed by atoms with van der Waals surface area (Å²) in [6.45, 7) is 0. The smallest absolute Gasteiger partial charge is 0.135 e. The van der Waals surface area contributed by atoms with Crippen molar-refractivity contribution in [3.8, 4) is 67.0 Å². The zero-order valence-electron chi connectivity index (χ0n) is 31.9. The van der Waals surface area contributed by atoms with E-state index in [2.05, 4.69) is 223 Å². The van der Waals surface area contributed by atoms with Crippen LogP contribution in [0.5, 0.6) is 0 Å². The first-order valence-corrected chi connectivity index (χ1v) is 19.7. The van der Waals surface area contributed by atoms with Crippen molar-refractivity contribution in [2.24, 2.45) is 0 Å². The van der Waals surface area contributed by atoms with E-state index in [4.69, 9.17) is 4.42 Å². The highest BCUT2D eigenvalue weighted by atomic mass is 16.3. The van der Waals surface area contributed by atoms with Crippen molar-refractivity contribution in [3.63, 3.8) is 0 Å². The van der Waals surface area contributed by atoms with E-state index in [1.807, 2.05) is 18.2 Å². The summed E-state index contributed by atoms with van der Waals surface area (Å²) in [5, 5.41) is 1.09. The van der Waals surface area contributed by atoms with E-state index in [9.17, 15) is 0 Å². The van der Waals surface area contributed by atoms with Crippen molar-refractivity contribution >= 4 is 28.0 Å². The lowest BCUT2D eigenvalue weighted by Gasteiger charge is -2.26. The molecular weight excluding hydrogens is 703 g/mol. The molecule has 0 N–H and O–H groups in total. The number of fused-ring (bicyclic) bond motifs is 1. The molecule has 274 valence electrons. The van der Waals surface area contributed by atoms with Crippen molar-refractivity contribution in [2.45, 2.75) is 0 Å². The molecule has 0 spiro atoms. The van der Waals surface area contributed by atoms with Gasteiger partial charge in [-0.1, -0.05) is 170 Å². The number of hydrogen-bond acceptors (Lipinski definition) is 2. The van der Waals surface area contributed by atoms with Gasteiger partial charge >= 0.3 is 0 Å². The maximum absolute atomic E-state index is 6.33. The summed E-state index contributed by atoms with van der Waals surface area (Å²) in [5.41, 5.74) is 17.0. The summed E-state index contributed by atoms with van der Waals surface area (Å²) in [4.78, 5) is 2.33. The molecule has 58 heavy (non-hydrogen) atoms. The van der Waals surface area contributed by atoms with E-state index in [1.54, 1.807) is 0 Å². The van der Waals surface area contributed by atoms with Crippen LogP contribution in [-0.2, 0) is 0 Å². The summed E-state index contributed by atoms with van der Waals surface area (Å²) < 4.78 is 6.33. The van der Waals surface area contributed by atoms with Crippen LogP contribution in [0.15, 0.2) is 241 Å². The summed E-state index contributed by atoms with van der Waals surface area (Å²) in [7, 11) is 0. The van der Waals surface area contributed by atoms with Gasteiger partial charge in [-0.25, -0.2) is 0 Å². The van der Waals surface area contributed by atoms with E-state index >= 15 is 0 Å². The van der Waals surface area contributed by atoms with E-state index in [1.165, 1.54) is 50.1 Å². The molecule has 0 aliphatic heterocycles. The van der Waals surface area contributed by atoms with E-state index in [-0.39, 0.29) is 0 Å². The summed E-state index contributed by atoms with van der Waals surface area (Å²) in [6, 6.07) is 84.3. The lowest BCUT2D eigenvalue weighted by Crippen LogP contribution is -2.10. The molecule has 2 nitrogen and oxygen atoms in total. The maximum atomic E-state index is 6.33. The Bertz CT molecular complexity index is 2860. The molecule has 9 aromatic carbocycles. The molecule has 0 bridgehead atoms. The predicted molar refractivity (Wildman–Crippen MR) is 244 cm³/mol. The lowest BCUT2D eigenvalue weighted by molar-refractivity contribution is 0.631. The van der Waals surface area contributed by atoms with Crippen LogP contribution in [0.25, 0.3) is 77.9 Å². The summed E-state index contributed by atoms with van der Waals surface area (Å²) in [6.07, 6.45) is 0. The third kappa shape index (κ3) is 7.11. The molecule has 1 aromatic heterocycles. The van der Waals surface area contributed by atoms with Crippen LogP contribution >= 0.6 is 0 Å². The Morgan fingerprint density at radius 3 is 1.10 bits per heavy atom. The minimum absolute atomic E-state index is 0.847. The topological polar surface area (TPSA) is 16.4 Å². The van der Waals surface area contributed by atoms with Gasteiger partial charge in [0.2, 0.25) is 0 Å². The SMILES string of the molecule is c1ccc(-c2ccc(-c3ccc(N(c4ccc(-c5cc(-c6ccccc6)cc(-c6ccccc6)c5)cc4)c4cccc(-c5cc6ccccc6o5)c4)cc3)cc2)cc1. The maximum Gasteiger partial charge on any atom is 0.135 e. The Kier molecular flexibility index (Phi) is 9.27. The van der Waals surface area contributed by atoms with E-state index in [0.717, 1.165) is 44.9 Å². The average Bonchev–Trinajstić information content (AvgIpc) is 3.75. The Morgan fingerprint density at radius 2 is 0.621 bits per heavy atom. The van der Waals surface area contributed by atoms with Crippen LogP contribution in [0.1, 0.15) is 0 Å². The average molecular weight is 742 g/mol. The molecule has 0 saturated carbocycles. The zero-order valence-corrected chi connectivity index (χ0v) is 31.9. The fourth-order valence-corrected chi connectivity index (χ4v) is 7.85. The minimum atomic E-state index is 0.847. The summed E-state index contributed by atoms with van der Waals surface area (Å²) in [5.74, 6) is 0.847. The molecule has 0 amide bonds. The monoisotopic (exact) mass is 741 g/mol. The zero-order chi connectivity index (χ0) is 38.7. The minimum Gasteiger partial charge on any atom is -0.456 e. The van der Waals surface area contributed by atoms with Crippen LogP contribution in [0.2, 0.25) is 0 Å². The fourth-order valence-electron chi connectivity index (χ4n) is 7.85. The number of nitrogens with zero attached hydrogens (tertiary/aromatic N) is 1. The molecule has 2 heteroatoms. The number of furan rings is 1. The molecule has 0 unspecified atom stereocenters. The lowest BCUT2D eigenvalue weighted by atomic mass is 9.93. The highest BCUT2D eigenvalue weighted by Crippen LogP contribution is 2.40. The number of anilines is 3. The van der Waals surface area contributed by atoms with Gasteiger partial charge < -0.3 is 9.32 Å². The highest BCUT2D eigenvalue weighted by Gasteiger charge is 2.16. The Labute approximate surface area is 339 Å². The molecule has 0 atom stereocenters. The van der Waals surface area contributed by atoms with Crippen molar-refractivity contribution in [3.05, 3.63) is 237 Å². The van der Waals surface area contributed by atoms with Crippen LogP contribution < -0.4 is 4.90 Å². The molecule has 0 aliphatic carbocycles. The van der Waals surface area contributed by atoms with Gasteiger partial charge in [0.15, 0.2) is 0 Å². The largest absolute Gasteiger partial charge is 0.456 e. The number of rotatable bonds is 9. The highest BCUT2D eigenvalue weighted by molar-refractivity contribution is 5.87. The molecule has 0 aliphatic rings. The van der Waals surface area contributed by atoms with Gasteiger partial charge in [0, 0.05) is 28.0 Å². The normalized spacial score (nSPS) is 11.1. The second-order valence-corrected chi connectivity index (χ2v) is 14.6. The number of hydrogen-bond donors (Lipinski definition) is 0. The predicted octanol–water partition coefficient (Wildman–Crippen LogP) is 15.9. The van der Waals surface area contributed by atoms with Gasteiger partial charge in [-0.15, -0.1) is 0 Å². The third-order valence-corrected chi connectivity index (χ3v) is 10.9. The van der Waals surface area contributed by atoms with E-state index in [0.29, 0.717) is 0 Å². The first-order chi connectivity index (χ1) is 28.7. The van der Waals surface area contributed by atoms with Crippen LogP contribution in [0.3, 0.4) is 0 Å². The van der Waals surface area contributed by atoms with Gasteiger partial charge in [0.1, 0.15) is 11.3 Å². The Morgan fingerprint density at radius 1 is 0.241 bits per heavy atom. The molecule has 0 fully saturated rings. The third-order valence-electron chi connectivity index (χ3n) is 10.9. The number of para-hydroxylation sites is 1. The van der Waals surface area contributed by atoms with Crippen LogP contribution in [-0.4, -0.2) is 0 Å². The first-order valence-electron chi connectivity index (χ1n) is 19.7. The fraction of sp³-hybridized carbons (Fsp3) is 0. The Balaban J connectivity index is 1.03. The number of benzene rings is 9. The molecule has 10 rings (SSSR count). The van der Waals surface area contributed by atoms with Gasteiger partial charge in [0.05, 0.1) is 0 Å². The van der Waals surface area contributed by atoms with Crippen molar-refractivity contribution in [2.75, 3.05) is 4.90 Å². The molecule has 1 heterocycles. The first kappa shape index (κ1) is 34.8. The molecule has 10 aromatic rings. The molecule has 0 radical (unpaired) electrons. The molecular formula is C56H39NO. The van der Waals surface area contributed by atoms with Gasteiger partial charge in [0.25, 0.3) is 0 Å². The van der Waals surface area contributed by atoms with Crippen LogP contribution in [0, 0.1) is 0 Å². The summed E-state index contributed by atoms with van der Waals surface area (Å²) >= 11 is 0. The molecule has 0 saturated heterocycles. The van der Waals surface area contributed by atoms with Gasteiger partial charge in [-0.3, -0.25) is 0 Å².